The molecule has 2 heteroatoms. The van der Waals surface area contributed by atoms with Crippen LogP contribution < -0.4 is 10.5 Å². The first-order valence-corrected chi connectivity index (χ1v) is 3.84. The van der Waals surface area contributed by atoms with Crippen LogP contribution in [-0.2, 0) is 0 Å². The Morgan fingerprint density at radius 1 is 1.58 bits per heavy atom. The zero-order valence-electron chi connectivity index (χ0n) is 7.21. The Morgan fingerprint density at radius 2 is 2.33 bits per heavy atom. The maximum Gasteiger partial charge on any atom is 0.121 e. The lowest BCUT2D eigenvalue weighted by atomic mass is 10.2. The molecule has 2 N–H and O–H groups in total. The van der Waals surface area contributed by atoms with E-state index in [4.69, 9.17) is 10.5 Å². The second-order valence-corrected chi connectivity index (χ2v) is 2.62. The van der Waals surface area contributed by atoms with Crippen LogP contribution in [-0.4, -0.2) is 6.61 Å². The molecule has 0 atom stereocenters. The van der Waals surface area contributed by atoms with Crippen LogP contribution in [0.1, 0.15) is 5.56 Å². The zero-order valence-corrected chi connectivity index (χ0v) is 7.21. The van der Waals surface area contributed by atoms with Crippen molar-refractivity contribution in [1.82, 2.24) is 0 Å². The van der Waals surface area contributed by atoms with E-state index in [1.54, 1.807) is 6.08 Å². The molecule has 64 valence electrons. The third-order valence-corrected chi connectivity index (χ3v) is 1.62. The standard InChI is InChI=1S/C10H13NO/c1-3-6-12-9-5-4-8(2)10(11)7-9/h3-5,7H,1,6,11H2,2H3. The van der Waals surface area contributed by atoms with Crippen LogP contribution in [0.25, 0.3) is 0 Å². The minimum Gasteiger partial charge on any atom is -0.489 e. The fourth-order valence-corrected chi connectivity index (χ4v) is 0.863. The van der Waals surface area contributed by atoms with Crippen molar-refractivity contribution in [2.45, 2.75) is 6.92 Å². The summed E-state index contributed by atoms with van der Waals surface area (Å²) in [5.74, 6) is 0.790. The number of aryl methyl sites for hydroxylation is 1. The summed E-state index contributed by atoms with van der Waals surface area (Å²) in [5, 5.41) is 0. The van der Waals surface area contributed by atoms with E-state index >= 15 is 0 Å². The molecule has 0 aliphatic heterocycles. The molecule has 0 saturated carbocycles. The first-order chi connectivity index (χ1) is 5.74. The van der Waals surface area contributed by atoms with Crippen LogP contribution in [0.15, 0.2) is 30.9 Å². The predicted octanol–water partition coefficient (Wildman–Crippen LogP) is 2.14. The van der Waals surface area contributed by atoms with E-state index in [2.05, 4.69) is 6.58 Å². The lowest BCUT2D eigenvalue weighted by Crippen LogP contribution is -1.95. The molecule has 12 heavy (non-hydrogen) atoms. The van der Waals surface area contributed by atoms with Crippen molar-refractivity contribution in [2.75, 3.05) is 12.3 Å². The summed E-state index contributed by atoms with van der Waals surface area (Å²) in [6.07, 6.45) is 1.70. The van der Waals surface area contributed by atoms with Crippen molar-refractivity contribution in [2.24, 2.45) is 0 Å². The highest BCUT2D eigenvalue weighted by atomic mass is 16.5. The van der Waals surface area contributed by atoms with Gasteiger partial charge in [-0.3, -0.25) is 0 Å². The van der Waals surface area contributed by atoms with Gasteiger partial charge in [0.1, 0.15) is 12.4 Å². The molecule has 0 heterocycles. The Hall–Kier alpha value is -1.44. The Bertz CT molecular complexity index is 281. The van der Waals surface area contributed by atoms with Crippen LogP contribution in [0, 0.1) is 6.92 Å². The molecule has 0 aliphatic carbocycles. The number of nitrogen functional groups attached to an aromatic ring is 1. The van der Waals surface area contributed by atoms with Gasteiger partial charge in [-0.15, -0.1) is 0 Å². The second kappa shape index (κ2) is 3.81. The SMILES string of the molecule is C=CCOc1ccc(C)c(N)c1. The minimum atomic E-state index is 0.516. The van der Waals surface area contributed by atoms with Gasteiger partial charge < -0.3 is 10.5 Å². The van der Waals surface area contributed by atoms with Crippen molar-refractivity contribution in [1.29, 1.82) is 0 Å². The van der Waals surface area contributed by atoms with Crippen molar-refractivity contribution in [3.63, 3.8) is 0 Å². The number of hydrogen-bond acceptors (Lipinski definition) is 2. The number of anilines is 1. The Balaban J connectivity index is 2.75. The largest absolute Gasteiger partial charge is 0.489 e. The van der Waals surface area contributed by atoms with Crippen molar-refractivity contribution < 1.29 is 4.74 Å². The first kappa shape index (κ1) is 8.65. The van der Waals surface area contributed by atoms with E-state index in [9.17, 15) is 0 Å². The zero-order chi connectivity index (χ0) is 8.97. The maximum absolute atomic E-state index is 5.69. The van der Waals surface area contributed by atoms with Gasteiger partial charge in [0.2, 0.25) is 0 Å². The molecule has 0 fully saturated rings. The number of ether oxygens (including phenoxy) is 1. The number of nitrogens with two attached hydrogens (primary N) is 1. The van der Waals surface area contributed by atoms with Crippen LogP contribution in [0.2, 0.25) is 0 Å². The quantitative estimate of drug-likeness (QED) is 0.547. The third kappa shape index (κ3) is 2.02. The van der Waals surface area contributed by atoms with E-state index < -0.39 is 0 Å². The first-order valence-electron chi connectivity index (χ1n) is 3.84. The average molecular weight is 163 g/mol. The third-order valence-electron chi connectivity index (χ3n) is 1.62. The van der Waals surface area contributed by atoms with Crippen LogP contribution in [0.5, 0.6) is 5.75 Å². The molecule has 0 amide bonds. The minimum absolute atomic E-state index is 0.516. The van der Waals surface area contributed by atoms with Crippen LogP contribution in [0.4, 0.5) is 5.69 Å². The highest BCUT2D eigenvalue weighted by Crippen LogP contribution is 2.18. The van der Waals surface area contributed by atoms with Crippen molar-refractivity contribution in [3.05, 3.63) is 36.4 Å². The summed E-state index contributed by atoms with van der Waals surface area (Å²) in [4.78, 5) is 0. The molecular formula is C10H13NO. The molecule has 1 rings (SSSR count). The van der Waals surface area contributed by atoms with E-state index in [-0.39, 0.29) is 0 Å². The molecule has 0 bridgehead atoms. The van der Waals surface area contributed by atoms with Gasteiger partial charge in [0.25, 0.3) is 0 Å². The van der Waals surface area contributed by atoms with E-state index in [0.29, 0.717) is 6.61 Å². The van der Waals surface area contributed by atoms with Gasteiger partial charge in [0, 0.05) is 11.8 Å². The molecule has 0 aromatic heterocycles. The fourth-order valence-electron chi connectivity index (χ4n) is 0.863. The van der Waals surface area contributed by atoms with E-state index in [1.165, 1.54) is 0 Å². The molecule has 0 radical (unpaired) electrons. The Labute approximate surface area is 72.7 Å². The molecule has 2 nitrogen and oxygen atoms in total. The maximum atomic E-state index is 5.69. The van der Waals surface area contributed by atoms with Crippen LogP contribution >= 0.6 is 0 Å². The summed E-state index contributed by atoms with van der Waals surface area (Å²) in [5.41, 5.74) is 7.52. The second-order valence-electron chi connectivity index (χ2n) is 2.62. The Kier molecular flexibility index (Phi) is 2.75. The average Bonchev–Trinajstić information content (AvgIpc) is 2.07. The molecule has 0 saturated heterocycles. The number of rotatable bonds is 3. The molecule has 0 aliphatic rings. The summed E-state index contributed by atoms with van der Waals surface area (Å²) in [6, 6.07) is 5.65. The molecule has 0 spiro atoms. The fraction of sp³-hybridized carbons (Fsp3) is 0.200. The van der Waals surface area contributed by atoms with Crippen molar-refractivity contribution >= 4 is 5.69 Å². The van der Waals surface area contributed by atoms with Gasteiger partial charge in [0.05, 0.1) is 0 Å². The van der Waals surface area contributed by atoms with Gasteiger partial charge in [-0.2, -0.15) is 0 Å². The Morgan fingerprint density at radius 3 is 2.92 bits per heavy atom. The van der Waals surface area contributed by atoms with E-state index in [0.717, 1.165) is 17.0 Å². The molecule has 1 aromatic carbocycles. The van der Waals surface area contributed by atoms with Crippen LogP contribution in [0.3, 0.4) is 0 Å². The topological polar surface area (TPSA) is 35.2 Å². The van der Waals surface area contributed by atoms with Gasteiger partial charge in [0.15, 0.2) is 0 Å². The monoisotopic (exact) mass is 163 g/mol. The molecule has 1 aromatic rings. The highest BCUT2D eigenvalue weighted by molar-refractivity contribution is 5.50. The summed E-state index contributed by atoms with van der Waals surface area (Å²) < 4.78 is 5.29. The summed E-state index contributed by atoms with van der Waals surface area (Å²) in [7, 11) is 0. The summed E-state index contributed by atoms with van der Waals surface area (Å²) >= 11 is 0. The predicted molar refractivity (Wildman–Crippen MR) is 51.3 cm³/mol. The van der Waals surface area contributed by atoms with Gasteiger partial charge in [-0.25, -0.2) is 0 Å². The highest BCUT2D eigenvalue weighted by Gasteiger charge is 1.95. The molecular weight excluding hydrogens is 150 g/mol. The lowest BCUT2D eigenvalue weighted by Gasteiger charge is -2.05. The smallest absolute Gasteiger partial charge is 0.121 e. The van der Waals surface area contributed by atoms with Crippen molar-refractivity contribution in [3.8, 4) is 5.75 Å². The number of benzene rings is 1. The normalized spacial score (nSPS) is 9.42. The van der Waals surface area contributed by atoms with Gasteiger partial charge in [-0.05, 0) is 18.6 Å². The van der Waals surface area contributed by atoms with Gasteiger partial charge in [-0.1, -0.05) is 18.7 Å². The van der Waals surface area contributed by atoms with Gasteiger partial charge >= 0.3 is 0 Å². The lowest BCUT2D eigenvalue weighted by molar-refractivity contribution is 0.363. The number of hydrogen-bond donors (Lipinski definition) is 1. The van der Waals surface area contributed by atoms with E-state index in [1.807, 2.05) is 25.1 Å². The molecule has 0 unspecified atom stereocenters. The summed E-state index contributed by atoms with van der Waals surface area (Å²) in [6.45, 7) is 6.04.